The quantitative estimate of drug-likeness (QED) is 0.585. The van der Waals surface area contributed by atoms with Gasteiger partial charge in [0.05, 0.1) is 13.7 Å². The van der Waals surface area contributed by atoms with Crippen LogP contribution in [0.25, 0.3) is 0 Å². The molecule has 0 radical (unpaired) electrons. The summed E-state index contributed by atoms with van der Waals surface area (Å²) in [6.45, 7) is 1.94. The second kappa shape index (κ2) is 8.44. The van der Waals surface area contributed by atoms with Crippen molar-refractivity contribution in [3.05, 3.63) is 63.5 Å². The van der Waals surface area contributed by atoms with Gasteiger partial charge in [0.25, 0.3) is 0 Å². The van der Waals surface area contributed by atoms with E-state index in [1.54, 1.807) is 14.0 Å². The normalized spacial score (nSPS) is 23.6. The highest BCUT2D eigenvalue weighted by atomic mass is 32.1. The average molecular weight is 426 g/mol. The zero-order valence-corrected chi connectivity index (χ0v) is 17.7. The number of esters is 1. The van der Waals surface area contributed by atoms with Gasteiger partial charge in [-0.3, -0.25) is 14.4 Å². The lowest BCUT2D eigenvalue weighted by Gasteiger charge is -2.37. The molecule has 6 nitrogen and oxygen atoms in total. The van der Waals surface area contributed by atoms with Crippen LogP contribution in [-0.4, -0.2) is 31.4 Å². The van der Waals surface area contributed by atoms with Crippen molar-refractivity contribution in [1.29, 1.82) is 0 Å². The first-order chi connectivity index (χ1) is 14.5. The summed E-state index contributed by atoms with van der Waals surface area (Å²) in [6, 6.07) is 11.2. The molecule has 2 aliphatic rings. The number of carbonyl (C=O) groups is 3. The Morgan fingerprint density at radius 3 is 2.73 bits per heavy atom. The van der Waals surface area contributed by atoms with Crippen molar-refractivity contribution in [2.45, 2.75) is 31.6 Å². The Morgan fingerprint density at radius 1 is 1.20 bits per heavy atom. The number of amides is 1. The predicted octanol–water partition coefficient (Wildman–Crippen LogP) is 3.55. The molecule has 1 aromatic heterocycles. The fourth-order valence-corrected chi connectivity index (χ4v) is 5.23. The van der Waals surface area contributed by atoms with Crippen LogP contribution in [0.15, 0.2) is 53.0 Å². The van der Waals surface area contributed by atoms with Crippen molar-refractivity contribution < 1.29 is 23.9 Å². The lowest BCUT2D eigenvalue weighted by molar-refractivity contribution is -0.152. The van der Waals surface area contributed by atoms with Crippen LogP contribution < -0.4 is 10.1 Å². The van der Waals surface area contributed by atoms with Crippen molar-refractivity contribution in [1.82, 2.24) is 5.32 Å². The molecule has 1 aromatic carbocycles. The summed E-state index contributed by atoms with van der Waals surface area (Å²) in [7, 11) is 1.57. The van der Waals surface area contributed by atoms with Crippen molar-refractivity contribution in [2.24, 2.45) is 5.92 Å². The summed E-state index contributed by atoms with van der Waals surface area (Å²) in [5, 5.41) is 4.82. The maximum atomic E-state index is 13.7. The number of hydrogen-bond acceptors (Lipinski definition) is 6. The van der Waals surface area contributed by atoms with Gasteiger partial charge in [-0.15, -0.1) is 11.3 Å². The second-order valence-corrected chi connectivity index (χ2v) is 8.37. The molecule has 3 atom stereocenters. The molecule has 30 heavy (non-hydrogen) atoms. The van der Waals surface area contributed by atoms with Crippen LogP contribution in [0.1, 0.15) is 42.0 Å². The Kier molecular flexibility index (Phi) is 5.72. The number of hydrogen-bond donors (Lipinski definition) is 1. The van der Waals surface area contributed by atoms with Crippen LogP contribution in [0.3, 0.4) is 0 Å². The highest BCUT2D eigenvalue weighted by Crippen LogP contribution is 2.46. The predicted molar refractivity (Wildman–Crippen MR) is 112 cm³/mol. The fourth-order valence-electron chi connectivity index (χ4n) is 4.37. The highest BCUT2D eigenvalue weighted by Gasteiger charge is 2.48. The molecule has 0 saturated heterocycles. The Bertz CT molecular complexity index is 1010. The summed E-state index contributed by atoms with van der Waals surface area (Å²) in [6.07, 6.45) is 0.564. The Morgan fingerprint density at radius 2 is 2.03 bits per heavy atom. The lowest BCUT2D eigenvalue weighted by Crippen LogP contribution is -2.44. The second-order valence-electron chi connectivity index (χ2n) is 7.39. The fraction of sp³-hybridized carbons (Fsp3) is 0.348. The van der Waals surface area contributed by atoms with Gasteiger partial charge >= 0.3 is 5.97 Å². The summed E-state index contributed by atoms with van der Waals surface area (Å²) in [5.74, 6) is -1.92. The van der Waals surface area contributed by atoms with Crippen molar-refractivity contribution >= 4 is 29.0 Å². The van der Waals surface area contributed by atoms with E-state index in [1.165, 1.54) is 11.3 Å². The third-order valence-electron chi connectivity index (χ3n) is 5.67. The Labute approximate surface area is 178 Å². The van der Waals surface area contributed by atoms with Gasteiger partial charge in [-0.25, -0.2) is 0 Å². The summed E-state index contributed by atoms with van der Waals surface area (Å²) in [4.78, 5) is 40.0. The molecule has 4 rings (SSSR count). The number of thiophene rings is 1. The van der Waals surface area contributed by atoms with Gasteiger partial charge in [-0.05, 0) is 42.5 Å². The van der Waals surface area contributed by atoms with Gasteiger partial charge in [-0.2, -0.15) is 0 Å². The van der Waals surface area contributed by atoms with E-state index in [1.807, 2.05) is 41.8 Å². The molecule has 2 aromatic rings. The van der Waals surface area contributed by atoms with Gasteiger partial charge in [0.1, 0.15) is 11.7 Å². The number of ketones is 1. The van der Waals surface area contributed by atoms with Gasteiger partial charge in [0.2, 0.25) is 5.91 Å². The molecule has 1 aliphatic carbocycles. The molecule has 156 valence electrons. The minimum absolute atomic E-state index is 0.131. The smallest absolute Gasteiger partial charge is 0.317 e. The Balaban J connectivity index is 1.81. The van der Waals surface area contributed by atoms with E-state index in [9.17, 15) is 14.4 Å². The van der Waals surface area contributed by atoms with E-state index in [-0.39, 0.29) is 30.6 Å². The van der Waals surface area contributed by atoms with Gasteiger partial charge in [0.15, 0.2) is 5.78 Å². The highest BCUT2D eigenvalue weighted by molar-refractivity contribution is 7.10. The van der Waals surface area contributed by atoms with Crippen LogP contribution in [-0.2, 0) is 19.1 Å². The number of benzene rings is 1. The molecule has 7 heteroatoms. The van der Waals surface area contributed by atoms with Gasteiger partial charge in [-0.1, -0.05) is 18.2 Å². The molecule has 0 spiro atoms. The molecular formula is C23H23NO5S. The molecule has 0 bridgehead atoms. The molecule has 2 heterocycles. The molecular weight excluding hydrogens is 402 g/mol. The standard InChI is InChI=1S/C23H23NO5S/c1-3-29-23(27)21-16(18-8-5-9-30-18)11-17-20(22(21)26)15(12-19(25)24-17)13-6-4-7-14(10-13)28-2/h4-10,15-16,21H,3,11-12H2,1-2H3,(H,24,25). The van der Waals surface area contributed by atoms with Crippen LogP contribution in [0.4, 0.5) is 0 Å². The van der Waals surface area contributed by atoms with Crippen LogP contribution in [0, 0.1) is 5.92 Å². The van der Waals surface area contributed by atoms with Crippen molar-refractivity contribution in [2.75, 3.05) is 13.7 Å². The average Bonchev–Trinajstić information content (AvgIpc) is 3.27. The SMILES string of the molecule is CCOC(=O)C1C(=O)C2=C(CC1c1cccs1)NC(=O)CC2c1cccc(OC)c1. The van der Waals surface area contributed by atoms with Crippen LogP contribution >= 0.6 is 11.3 Å². The molecule has 0 fully saturated rings. The maximum Gasteiger partial charge on any atom is 0.317 e. The number of allylic oxidation sites excluding steroid dienone is 2. The third-order valence-corrected chi connectivity index (χ3v) is 6.68. The van der Waals surface area contributed by atoms with E-state index in [4.69, 9.17) is 9.47 Å². The monoisotopic (exact) mass is 425 g/mol. The Hall–Kier alpha value is -2.93. The molecule has 3 unspecified atom stereocenters. The number of nitrogens with one attached hydrogen (secondary N) is 1. The van der Waals surface area contributed by atoms with Crippen molar-refractivity contribution in [3.63, 3.8) is 0 Å². The number of methoxy groups -OCH3 is 1. The molecule has 0 saturated carbocycles. The molecule has 1 N–H and O–H groups in total. The first-order valence-electron chi connectivity index (χ1n) is 9.94. The molecule has 1 aliphatic heterocycles. The largest absolute Gasteiger partial charge is 0.497 e. The first-order valence-corrected chi connectivity index (χ1v) is 10.8. The first kappa shape index (κ1) is 20.3. The van der Waals surface area contributed by atoms with Crippen LogP contribution in [0.2, 0.25) is 0 Å². The van der Waals surface area contributed by atoms with Gasteiger partial charge < -0.3 is 14.8 Å². The van der Waals surface area contributed by atoms with E-state index >= 15 is 0 Å². The van der Waals surface area contributed by atoms with E-state index in [2.05, 4.69) is 5.32 Å². The number of Topliss-reactive ketones (excluding diaryl/α,β-unsaturated/α-hetero) is 1. The van der Waals surface area contributed by atoms with E-state index in [0.717, 1.165) is 10.4 Å². The molecule has 1 amide bonds. The van der Waals surface area contributed by atoms with Gasteiger partial charge in [0, 0.05) is 34.4 Å². The maximum absolute atomic E-state index is 13.7. The zero-order chi connectivity index (χ0) is 21.3. The topological polar surface area (TPSA) is 81.7 Å². The summed E-state index contributed by atoms with van der Waals surface area (Å²) in [5.41, 5.74) is 1.94. The minimum Gasteiger partial charge on any atom is -0.497 e. The zero-order valence-electron chi connectivity index (χ0n) is 16.8. The number of carbonyl (C=O) groups excluding carboxylic acids is 3. The van der Waals surface area contributed by atoms with E-state index in [0.29, 0.717) is 23.4 Å². The van der Waals surface area contributed by atoms with Crippen molar-refractivity contribution in [3.8, 4) is 5.75 Å². The number of rotatable bonds is 5. The number of ether oxygens (including phenoxy) is 2. The minimum atomic E-state index is -0.912. The summed E-state index contributed by atoms with van der Waals surface area (Å²) < 4.78 is 10.6. The van der Waals surface area contributed by atoms with E-state index < -0.39 is 17.8 Å². The lowest BCUT2D eigenvalue weighted by atomic mass is 9.69. The summed E-state index contributed by atoms with van der Waals surface area (Å²) >= 11 is 1.50. The van der Waals surface area contributed by atoms with Crippen LogP contribution in [0.5, 0.6) is 5.75 Å². The third kappa shape index (κ3) is 3.65.